The van der Waals surface area contributed by atoms with Gasteiger partial charge in [-0.1, -0.05) is 16.8 Å². The van der Waals surface area contributed by atoms with Crippen molar-refractivity contribution in [1.29, 1.82) is 0 Å². The Morgan fingerprint density at radius 1 is 1.33 bits per heavy atom. The normalized spacial score (nSPS) is 11.5. The van der Waals surface area contributed by atoms with Gasteiger partial charge in [0, 0.05) is 0 Å². The maximum absolute atomic E-state index is 12.1. The zero-order valence-corrected chi connectivity index (χ0v) is 11.1. The Morgan fingerprint density at radius 3 is 2.61 bits per heavy atom. The van der Waals surface area contributed by atoms with Crippen LogP contribution in [-0.4, -0.2) is 23.5 Å². The van der Waals surface area contributed by atoms with E-state index in [-0.39, 0.29) is 27.3 Å². The molecule has 0 aromatic carbocycles. The molecule has 0 saturated carbocycles. The first-order chi connectivity index (χ1) is 8.40. The third-order valence-electron chi connectivity index (χ3n) is 2.08. The van der Waals surface area contributed by atoms with Crippen LogP contribution in [-0.2, 0) is 10.0 Å². The minimum atomic E-state index is -3.82. The molecule has 0 fully saturated rings. The van der Waals surface area contributed by atoms with Gasteiger partial charge in [0.25, 0.3) is 10.0 Å². The van der Waals surface area contributed by atoms with E-state index >= 15 is 0 Å². The van der Waals surface area contributed by atoms with Crippen molar-refractivity contribution in [3.8, 4) is 0 Å². The van der Waals surface area contributed by atoms with E-state index in [2.05, 4.69) is 19.8 Å². The number of hydrogen-bond donors (Lipinski definition) is 1. The SMILES string of the molecule is Cc1noc(C)c1S(=O)(=O)Nc1cncc(Cl)n1. The maximum atomic E-state index is 12.1. The predicted octanol–water partition coefficient (Wildman–Crippen LogP) is 1.54. The lowest BCUT2D eigenvalue weighted by molar-refractivity contribution is 0.390. The summed E-state index contributed by atoms with van der Waals surface area (Å²) in [7, 11) is -3.82. The molecule has 9 heteroatoms. The number of aryl methyl sites for hydroxylation is 2. The fourth-order valence-electron chi connectivity index (χ4n) is 1.44. The molecule has 0 spiro atoms. The molecule has 0 aliphatic heterocycles. The van der Waals surface area contributed by atoms with Gasteiger partial charge in [-0.25, -0.2) is 13.4 Å². The summed E-state index contributed by atoms with van der Waals surface area (Å²) < 4.78 is 31.3. The van der Waals surface area contributed by atoms with Crippen LogP contribution in [0.2, 0.25) is 5.15 Å². The molecule has 0 atom stereocenters. The first-order valence-corrected chi connectivity index (χ1v) is 6.69. The second kappa shape index (κ2) is 4.54. The first kappa shape index (κ1) is 12.8. The summed E-state index contributed by atoms with van der Waals surface area (Å²) in [6.07, 6.45) is 2.55. The van der Waals surface area contributed by atoms with Gasteiger partial charge in [-0.15, -0.1) is 0 Å². The summed E-state index contributed by atoms with van der Waals surface area (Å²) in [6, 6.07) is 0. The van der Waals surface area contributed by atoms with Gasteiger partial charge >= 0.3 is 0 Å². The van der Waals surface area contributed by atoms with Gasteiger partial charge in [0.15, 0.2) is 16.5 Å². The average Bonchev–Trinajstić information content (AvgIpc) is 2.58. The van der Waals surface area contributed by atoms with Crippen molar-refractivity contribution in [3.63, 3.8) is 0 Å². The molecule has 0 aliphatic carbocycles. The van der Waals surface area contributed by atoms with E-state index in [1.165, 1.54) is 26.2 Å². The molecule has 1 N–H and O–H groups in total. The fourth-order valence-corrected chi connectivity index (χ4v) is 2.90. The zero-order chi connectivity index (χ0) is 13.3. The number of hydrogen-bond acceptors (Lipinski definition) is 6. The highest BCUT2D eigenvalue weighted by Gasteiger charge is 2.24. The summed E-state index contributed by atoms with van der Waals surface area (Å²) in [5, 5.41) is 3.68. The van der Waals surface area contributed by atoms with Crippen LogP contribution >= 0.6 is 11.6 Å². The van der Waals surface area contributed by atoms with Crippen molar-refractivity contribution in [2.45, 2.75) is 18.7 Å². The second-order valence-corrected chi connectivity index (χ2v) is 5.49. The summed E-state index contributed by atoms with van der Waals surface area (Å²) in [5.74, 6) is 0.234. The summed E-state index contributed by atoms with van der Waals surface area (Å²) in [6.45, 7) is 3.05. The van der Waals surface area contributed by atoms with Crippen molar-refractivity contribution < 1.29 is 12.9 Å². The van der Waals surface area contributed by atoms with Gasteiger partial charge in [-0.05, 0) is 13.8 Å². The van der Waals surface area contributed by atoms with Crippen LogP contribution < -0.4 is 4.72 Å². The number of sulfonamides is 1. The molecule has 18 heavy (non-hydrogen) atoms. The van der Waals surface area contributed by atoms with E-state index in [0.717, 1.165) is 0 Å². The van der Waals surface area contributed by atoms with E-state index in [0.29, 0.717) is 0 Å². The molecule has 7 nitrogen and oxygen atoms in total. The smallest absolute Gasteiger partial charge is 0.268 e. The number of rotatable bonds is 3. The Bertz CT molecular complexity index is 663. The minimum absolute atomic E-state index is 0.00993. The maximum Gasteiger partial charge on any atom is 0.268 e. The Balaban J connectivity index is 2.39. The van der Waals surface area contributed by atoms with Crippen molar-refractivity contribution in [2.24, 2.45) is 0 Å². The quantitative estimate of drug-likeness (QED) is 0.920. The molecule has 96 valence electrons. The highest BCUT2D eigenvalue weighted by Crippen LogP contribution is 2.21. The van der Waals surface area contributed by atoms with Crippen LogP contribution in [0, 0.1) is 13.8 Å². The minimum Gasteiger partial charge on any atom is -0.360 e. The third-order valence-corrected chi connectivity index (χ3v) is 3.86. The van der Waals surface area contributed by atoms with Crippen LogP contribution in [0.1, 0.15) is 11.5 Å². The van der Waals surface area contributed by atoms with E-state index in [1.54, 1.807) is 0 Å². The van der Waals surface area contributed by atoms with Gasteiger partial charge in [-0.3, -0.25) is 9.71 Å². The molecule has 2 aromatic heterocycles. The molecule has 0 aliphatic rings. The van der Waals surface area contributed by atoms with Crippen LogP contribution in [0.25, 0.3) is 0 Å². The monoisotopic (exact) mass is 288 g/mol. The van der Waals surface area contributed by atoms with Gasteiger partial charge in [0.1, 0.15) is 10.8 Å². The molecule has 0 amide bonds. The topological polar surface area (TPSA) is 98.0 Å². The second-order valence-electron chi connectivity index (χ2n) is 3.49. The number of aromatic nitrogens is 3. The number of nitrogens with zero attached hydrogens (tertiary/aromatic N) is 3. The van der Waals surface area contributed by atoms with Gasteiger partial charge < -0.3 is 4.52 Å². The molecule has 2 heterocycles. The third kappa shape index (κ3) is 2.44. The largest absolute Gasteiger partial charge is 0.360 e. The Labute approximate surface area is 108 Å². The van der Waals surface area contributed by atoms with Gasteiger partial charge in [0.2, 0.25) is 0 Å². The van der Waals surface area contributed by atoms with Crippen molar-refractivity contribution in [3.05, 3.63) is 29.0 Å². The van der Waals surface area contributed by atoms with E-state index in [4.69, 9.17) is 16.1 Å². The zero-order valence-electron chi connectivity index (χ0n) is 9.51. The fraction of sp³-hybridized carbons (Fsp3) is 0.222. The van der Waals surface area contributed by atoms with Crippen LogP contribution in [0.5, 0.6) is 0 Å². The predicted molar refractivity (Wildman–Crippen MR) is 63.8 cm³/mol. The molecule has 2 rings (SSSR count). The molecule has 2 aromatic rings. The van der Waals surface area contributed by atoms with Crippen LogP contribution in [0.4, 0.5) is 5.82 Å². The van der Waals surface area contributed by atoms with E-state index in [1.807, 2.05) is 0 Å². The summed E-state index contributed by atoms with van der Waals surface area (Å²) in [4.78, 5) is 7.51. The number of nitrogens with one attached hydrogen (secondary N) is 1. The Kier molecular flexibility index (Phi) is 3.22. The Morgan fingerprint density at radius 2 is 2.06 bits per heavy atom. The summed E-state index contributed by atoms with van der Waals surface area (Å²) in [5.41, 5.74) is 0.273. The molecular formula is C9H9ClN4O3S. The van der Waals surface area contributed by atoms with Crippen molar-refractivity contribution in [2.75, 3.05) is 4.72 Å². The van der Waals surface area contributed by atoms with Gasteiger partial charge in [-0.2, -0.15) is 0 Å². The standard InChI is InChI=1S/C9H9ClN4O3S/c1-5-9(6(2)17-13-5)18(15,16)14-8-4-11-3-7(10)12-8/h3-4H,1-2H3,(H,12,14). The molecule has 0 unspecified atom stereocenters. The highest BCUT2D eigenvalue weighted by molar-refractivity contribution is 7.92. The van der Waals surface area contributed by atoms with Crippen LogP contribution in [0.15, 0.2) is 21.8 Å². The van der Waals surface area contributed by atoms with E-state index < -0.39 is 10.0 Å². The van der Waals surface area contributed by atoms with Crippen molar-refractivity contribution >= 4 is 27.4 Å². The lowest BCUT2D eigenvalue weighted by Crippen LogP contribution is -2.15. The van der Waals surface area contributed by atoms with Crippen molar-refractivity contribution in [1.82, 2.24) is 15.1 Å². The molecule has 0 saturated heterocycles. The molecular weight excluding hydrogens is 280 g/mol. The number of halogens is 1. The lowest BCUT2D eigenvalue weighted by Gasteiger charge is -2.06. The Hall–Kier alpha value is -1.67. The van der Waals surface area contributed by atoms with Gasteiger partial charge in [0.05, 0.1) is 12.4 Å². The van der Waals surface area contributed by atoms with Crippen LogP contribution in [0.3, 0.4) is 0 Å². The molecule has 0 bridgehead atoms. The average molecular weight is 289 g/mol. The highest BCUT2D eigenvalue weighted by atomic mass is 35.5. The first-order valence-electron chi connectivity index (χ1n) is 4.83. The summed E-state index contributed by atoms with van der Waals surface area (Å²) >= 11 is 5.62. The lowest BCUT2D eigenvalue weighted by atomic mass is 10.4. The molecule has 0 radical (unpaired) electrons. The van der Waals surface area contributed by atoms with E-state index in [9.17, 15) is 8.42 Å². The number of anilines is 1.